The molecule has 110 valence electrons. The number of thiazole rings is 1. The Kier molecular flexibility index (Phi) is 5.14. The van der Waals surface area contributed by atoms with Crippen LogP contribution in [0, 0.1) is 6.92 Å². The fourth-order valence-electron chi connectivity index (χ4n) is 2.12. The molecule has 0 aromatic carbocycles. The quantitative estimate of drug-likeness (QED) is 0.820. The van der Waals surface area contributed by atoms with Crippen molar-refractivity contribution in [3.8, 4) is 0 Å². The second-order valence-corrected chi connectivity index (χ2v) is 5.85. The third-order valence-electron chi connectivity index (χ3n) is 3.17. The molecule has 0 aliphatic heterocycles. The van der Waals surface area contributed by atoms with E-state index in [0.29, 0.717) is 19.4 Å². The van der Waals surface area contributed by atoms with Gasteiger partial charge in [-0.1, -0.05) is 13.3 Å². The number of carbonyl (C=O) groups excluding carboxylic acids is 1. The van der Waals surface area contributed by atoms with Crippen molar-refractivity contribution in [1.82, 2.24) is 14.7 Å². The van der Waals surface area contributed by atoms with Gasteiger partial charge >= 0.3 is 0 Å². The average molecular weight is 295 g/mol. The Labute approximate surface area is 122 Å². The summed E-state index contributed by atoms with van der Waals surface area (Å²) in [6.45, 7) is 4.32. The third-order valence-corrected chi connectivity index (χ3v) is 4.06. The number of fused-ring (bicyclic) bond motifs is 1. The molecule has 1 amide bonds. The maximum atomic E-state index is 11.7. The lowest BCUT2D eigenvalue weighted by molar-refractivity contribution is -0.121. The summed E-state index contributed by atoms with van der Waals surface area (Å²) >= 11 is 1.59. The summed E-state index contributed by atoms with van der Waals surface area (Å²) in [6.07, 6.45) is 4.31. The van der Waals surface area contributed by atoms with Gasteiger partial charge in [0.25, 0.3) is 0 Å². The number of aliphatic hydroxyl groups excluding tert-OH is 1. The van der Waals surface area contributed by atoms with Gasteiger partial charge in [-0.3, -0.25) is 9.20 Å². The molecule has 1 unspecified atom stereocenters. The second kappa shape index (κ2) is 6.85. The lowest BCUT2D eigenvalue weighted by Crippen LogP contribution is -2.32. The van der Waals surface area contributed by atoms with Crippen LogP contribution in [0.5, 0.6) is 0 Å². The summed E-state index contributed by atoms with van der Waals surface area (Å²) in [5.41, 5.74) is 2.10. The molecule has 2 aromatic rings. The van der Waals surface area contributed by atoms with Gasteiger partial charge in [-0.15, -0.1) is 11.3 Å². The summed E-state index contributed by atoms with van der Waals surface area (Å²) in [7, 11) is 0. The Morgan fingerprint density at radius 2 is 2.40 bits per heavy atom. The Hall–Kier alpha value is -1.40. The number of nitrogens with zero attached hydrogens (tertiary/aromatic N) is 2. The van der Waals surface area contributed by atoms with E-state index in [1.165, 1.54) is 0 Å². The number of carbonyl (C=O) groups is 1. The van der Waals surface area contributed by atoms with E-state index in [9.17, 15) is 9.90 Å². The zero-order chi connectivity index (χ0) is 14.5. The number of hydrogen-bond donors (Lipinski definition) is 2. The minimum atomic E-state index is -0.437. The molecule has 0 spiro atoms. The van der Waals surface area contributed by atoms with Crippen LogP contribution in [0.1, 0.15) is 37.6 Å². The molecule has 0 aliphatic carbocycles. The molecule has 0 fully saturated rings. The normalized spacial score (nSPS) is 12.8. The zero-order valence-corrected chi connectivity index (χ0v) is 12.7. The molecule has 0 saturated carbocycles. The molecule has 0 radical (unpaired) electrons. The minimum Gasteiger partial charge on any atom is -0.391 e. The van der Waals surface area contributed by atoms with E-state index < -0.39 is 6.10 Å². The lowest BCUT2D eigenvalue weighted by atomic mass is 10.2. The van der Waals surface area contributed by atoms with E-state index >= 15 is 0 Å². The first kappa shape index (κ1) is 15.0. The molecule has 5 nitrogen and oxygen atoms in total. The molecular formula is C14H21N3O2S. The minimum absolute atomic E-state index is 0.0173. The number of amides is 1. The second-order valence-electron chi connectivity index (χ2n) is 5.01. The Morgan fingerprint density at radius 1 is 1.60 bits per heavy atom. The molecule has 6 heteroatoms. The van der Waals surface area contributed by atoms with Crippen molar-refractivity contribution < 1.29 is 9.90 Å². The standard InChI is InChI=1S/C14H21N3O2S/c1-3-4-12(18)7-15-13(19)6-5-11-9-20-14-16-10(2)8-17(11)14/h8-9,12,18H,3-7H2,1-2H3,(H,15,19). The largest absolute Gasteiger partial charge is 0.391 e. The molecule has 0 bridgehead atoms. The van der Waals surface area contributed by atoms with Crippen LogP contribution in [0.2, 0.25) is 0 Å². The highest BCUT2D eigenvalue weighted by Gasteiger charge is 2.10. The first-order chi connectivity index (χ1) is 9.60. The molecule has 0 saturated heterocycles. The fraction of sp³-hybridized carbons (Fsp3) is 0.571. The van der Waals surface area contributed by atoms with Gasteiger partial charge < -0.3 is 10.4 Å². The number of aryl methyl sites for hydroxylation is 2. The van der Waals surface area contributed by atoms with Gasteiger partial charge in [0, 0.05) is 30.2 Å². The molecule has 2 rings (SSSR count). The summed E-state index contributed by atoms with van der Waals surface area (Å²) in [5.74, 6) is -0.0173. The fourth-order valence-corrected chi connectivity index (χ4v) is 3.07. The Bertz CT molecular complexity index is 576. The van der Waals surface area contributed by atoms with Gasteiger partial charge in [-0.25, -0.2) is 4.98 Å². The highest BCUT2D eigenvalue weighted by Crippen LogP contribution is 2.17. The first-order valence-corrected chi connectivity index (χ1v) is 7.85. The predicted octanol–water partition coefficient (Wildman–Crippen LogP) is 1.91. The lowest BCUT2D eigenvalue weighted by Gasteiger charge is -2.10. The Balaban J connectivity index is 1.81. The van der Waals surface area contributed by atoms with Crippen LogP contribution < -0.4 is 5.32 Å². The maximum Gasteiger partial charge on any atom is 0.220 e. The van der Waals surface area contributed by atoms with Crippen molar-refractivity contribution in [2.75, 3.05) is 6.54 Å². The average Bonchev–Trinajstić information content (AvgIpc) is 2.93. The number of aliphatic hydroxyl groups is 1. The van der Waals surface area contributed by atoms with E-state index in [4.69, 9.17) is 0 Å². The highest BCUT2D eigenvalue weighted by atomic mass is 32.1. The van der Waals surface area contributed by atoms with Crippen LogP contribution in [0.4, 0.5) is 0 Å². The topological polar surface area (TPSA) is 66.6 Å². The third kappa shape index (κ3) is 3.80. The van der Waals surface area contributed by atoms with E-state index in [1.54, 1.807) is 11.3 Å². The predicted molar refractivity (Wildman–Crippen MR) is 80.1 cm³/mol. The number of nitrogens with one attached hydrogen (secondary N) is 1. The summed E-state index contributed by atoms with van der Waals surface area (Å²) < 4.78 is 2.04. The van der Waals surface area contributed by atoms with Crippen molar-refractivity contribution in [1.29, 1.82) is 0 Å². The van der Waals surface area contributed by atoms with Crippen molar-refractivity contribution in [2.45, 2.75) is 45.6 Å². The van der Waals surface area contributed by atoms with Gasteiger partial charge in [0.2, 0.25) is 5.91 Å². The van der Waals surface area contributed by atoms with Gasteiger partial charge in [0.15, 0.2) is 4.96 Å². The van der Waals surface area contributed by atoms with Crippen LogP contribution in [0.25, 0.3) is 4.96 Å². The smallest absolute Gasteiger partial charge is 0.220 e. The first-order valence-electron chi connectivity index (χ1n) is 6.97. The zero-order valence-electron chi connectivity index (χ0n) is 11.9. The number of imidazole rings is 1. The van der Waals surface area contributed by atoms with Gasteiger partial charge in [-0.2, -0.15) is 0 Å². The molecule has 0 aliphatic rings. The monoisotopic (exact) mass is 295 g/mol. The molecule has 20 heavy (non-hydrogen) atoms. The molecular weight excluding hydrogens is 274 g/mol. The van der Waals surface area contributed by atoms with Crippen LogP contribution in [-0.2, 0) is 11.2 Å². The van der Waals surface area contributed by atoms with Crippen LogP contribution >= 0.6 is 11.3 Å². The summed E-state index contributed by atoms with van der Waals surface area (Å²) in [5, 5.41) is 14.4. The molecule has 2 heterocycles. The number of rotatable bonds is 7. The molecule has 2 N–H and O–H groups in total. The molecule has 1 atom stereocenters. The summed E-state index contributed by atoms with van der Waals surface area (Å²) in [4.78, 5) is 17.1. The highest BCUT2D eigenvalue weighted by molar-refractivity contribution is 7.15. The van der Waals surface area contributed by atoms with Crippen molar-refractivity contribution in [3.63, 3.8) is 0 Å². The SMILES string of the molecule is CCCC(O)CNC(=O)CCc1csc2nc(C)cn12. The van der Waals surface area contributed by atoms with E-state index in [0.717, 1.165) is 29.2 Å². The Morgan fingerprint density at radius 3 is 3.15 bits per heavy atom. The molecule has 2 aromatic heterocycles. The number of aromatic nitrogens is 2. The van der Waals surface area contributed by atoms with Gasteiger partial charge in [-0.05, 0) is 19.8 Å². The number of hydrogen-bond acceptors (Lipinski definition) is 4. The van der Waals surface area contributed by atoms with E-state index in [-0.39, 0.29) is 5.91 Å². The van der Waals surface area contributed by atoms with Crippen LogP contribution in [0.3, 0.4) is 0 Å². The van der Waals surface area contributed by atoms with Crippen molar-refractivity contribution >= 4 is 22.2 Å². The maximum absolute atomic E-state index is 11.7. The van der Waals surface area contributed by atoms with Crippen molar-refractivity contribution in [2.24, 2.45) is 0 Å². The van der Waals surface area contributed by atoms with E-state index in [1.807, 2.05) is 29.8 Å². The van der Waals surface area contributed by atoms with Crippen LogP contribution in [-0.4, -0.2) is 33.0 Å². The van der Waals surface area contributed by atoms with Crippen LogP contribution in [0.15, 0.2) is 11.6 Å². The summed E-state index contributed by atoms with van der Waals surface area (Å²) in [6, 6.07) is 0. The van der Waals surface area contributed by atoms with Crippen molar-refractivity contribution in [3.05, 3.63) is 23.0 Å². The van der Waals surface area contributed by atoms with Gasteiger partial charge in [0.1, 0.15) is 0 Å². The van der Waals surface area contributed by atoms with Gasteiger partial charge in [0.05, 0.1) is 11.8 Å². The van der Waals surface area contributed by atoms with E-state index in [2.05, 4.69) is 10.3 Å².